The maximum atomic E-state index is 12.2. The molecule has 0 aliphatic rings. The van der Waals surface area contributed by atoms with Gasteiger partial charge in [0.25, 0.3) is 0 Å². The molecule has 0 fully saturated rings. The fourth-order valence-corrected chi connectivity index (χ4v) is 2.17. The lowest BCUT2D eigenvalue weighted by Gasteiger charge is -2.23. The topological polar surface area (TPSA) is 20.3 Å². The largest absolute Gasteiger partial charge is 0.296 e. The number of hydrogen-bond donors (Lipinski definition) is 0. The van der Waals surface area contributed by atoms with Crippen molar-refractivity contribution in [3.8, 4) is 0 Å². The van der Waals surface area contributed by atoms with Crippen molar-refractivity contribution in [2.45, 2.75) is 13.0 Å². The summed E-state index contributed by atoms with van der Waals surface area (Å²) in [6, 6.07) is 7.02. The van der Waals surface area contributed by atoms with Crippen LogP contribution in [0.3, 0.4) is 0 Å². The standard InChI is InChI=1S/C13H18ClNOS/c1-10(15(2)7-8-17-3)13(16)11-5-4-6-12(14)9-11/h4-6,9-10H,7-8H2,1-3H3. The third-order valence-electron chi connectivity index (χ3n) is 2.80. The Balaban J connectivity index is 2.69. The van der Waals surface area contributed by atoms with E-state index in [0.29, 0.717) is 10.6 Å². The first-order valence-electron chi connectivity index (χ1n) is 5.55. The second-order valence-corrected chi connectivity index (χ2v) is 5.45. The first kappa shape index (κ1) is 14.6. The van der Waals surface area contributed by atoms with E-state index in [2.05, 4.69) is 11.2 Å². The first-order valence-corrected chi connectivity index (χ1v) is 7.32. The maximum absolute atomic E-state index is 12.2. The van der Waals surface area contributed by atoms with Gasteiger partial charge in [0.2, 0.25) is 0 Å². The lowest BCUT2D eigenvalue weighted by molar-refractivity contribution is 0.0875. The molecule has 0 spiro atoms. The normalized spacial score (nSPS) is 12.8. The van der Waals surface area contributed by atoms with E-state index in [1.54, 1.807) is 23.9 Å². The molecule has 0 heterocycles. The maximum Gasteiger partial charge on any atom is 0.179 e. The van der Waals surface area contributed by atoms with Gasteiger partial charge in [0.1, 0.15) is 0 Å². The van der Waals surface area contributed by atoms with Gasteiger partial charge < -0.3 is 0 Å². The Morgan fingerprint density at radius 1 is 1.53 bits per heavy atom. The number of carbonyl (C=O) groups is 1. The average molecular weight is 272 g/mol. The van der Waals surface area contributed by atoms with E-state index in [9.17, 15) is 4.79 Å². The summed E-state index contributed by atoms with van der Waals surface area (Å²) in [4.78, 5) is 14.3. The molecule has 0 bridgehead atoms. The number of rotatable bonds is 6. The van der Waals surface area contributed by atoms with Crippen molar-refractivity contribution in [3.05, 3.63) is 34.9 Å². The van der Waals surface area contributed by atoms with Crippen molar-refractivity contribution in [1.82, 2.24) is 4.90 Å². The van der Waals surface area contributed by atoms with Gasteiger partial charge in [0.05, 0.1) is 6.04 Å². The van der Waals surface area contributed by atoms with Gasteiger partial charge in [-0.2, -0.15) is 11.8 Å². The number of halogens is 1. The molecule has 94 valence electrons. The Bertz CT molecular complexity index is 383. The predicted molar refractivity (Wildman–Crippen MR) is 76.3 cm³/mol. The molecule has 1 rings (SSSR count). The van der Waals surface area contributed by atoms with E-state index in [0.717, 1.165) is 12.3 Å². The summed E-state index contributed by atoms with van der Waals surface area (Å²) < 4.78 is 0. The molecule has 0 aliphatic carbocycles. The molecule has 0 aliphatic heterocycles. The van der Waals surface area contributed by atoms with Crippen molar-refractivity contribution in [2.24, 2.45) is 0 Å². The zero-order valence-corrected chi connectivity index (χ0v) is 12.0. The second-order valence-electron chi connectivity index (χ2n) is 4.02. The Hall–Kier alpha value is -0.510. The van der Waals surface area contributed by atoms with E-state index < -0.39 is 0 Å². The van der Waals surface area contributed by atoms with Gasteiger partial charge in [-0.15, -0.1) is 0 Å². The first-order chi connectivity index (χ1) is 8.06. The number of likely N-dealkylation sites (N-methyl/N-ethyl adjacent to an activating group) is 1. The van der Waals surface area contributed by atoms with Crippen LogP contribution in [0.15, 0.2) is 24.3 Å². The molecule has 1 unspecified atom stereocenters. The van der Waals surface area contributed by atoms with Gasteiger partial charge in [0, 0.05) is 22.9 Å². The molecular weight excluding hydrogens is 254 g/mol. The van der Waals surface area contributed by atoms with Crippen LogP contribution in [0.4, 0.5) is 0 Å². The highest BCUT2D eigenvalue weighted by Gasteiger charge is 2.19. The fourth-order valence-electron chi connectivity index (χ4n) is 1.51. The smallest absolute Gasteiger partial charge is 0.179 e. The van der Waals surface area contributed by atoms with Crippen LogP contribution in [-0.4, -0.2) is 42.3 Å². The van der Waals surface area contributed by atoms with Crippen LogP contribution in [-0.2, 0) is 0 Å². The average Bonchev–Trinajstić information content (AvgIpc) is 2.34. The minimum atomic E-state index is -0.111. The number of nitrogens with zero attached hydrogens (tertiary/aromatic N) is 1. The Morgan fingerprint density at radius 2 is 2.24 bits per heavy atom. The molecule has 2 nitrogen and oxygen atoms in total. The van der Waals surface area contributed by atoms with Crippen LogP contribution in [0.2, 0.25) is 5.02 Å². The molecule has 0 radical (unpaired) electrons. The molecule has 0 saturated heterocycles. The highest BCUT2D eigenvalue weighted by Crippen LogP contribution is 2.14. The van der Waals surface area contributed by atoms with Crippen LogP contribution in [0.1, 0.15) is 17.3 Å². The number of Topliss-reactive ketones (excluding diaryl/α,β-unsaturated/α-hetero) is 1. The Morgan fingerprint density at radius 3 is 2.82 bits per heavy atom. The molecule has 1 atom stereocenters. The summed E-state index contributed by atoms with van der Waals surface area (Å²) in [7, 11) is 1.98. The van der Waals surface area contributed by atoms with Crippen molar-refractivity contribution in [3.63, 3.8) is 0 Å². The minimum absolute atomic E-state index is 0.111. The van der Waals surface area contributed by atoms with Gasteiger partial charge in [-0.1, -0.05) is 23.7 Å². The van der Waals surface area contributed by atoms with Crippen molar-refractivity contribution >= 4 is 29.1 Å². The lowest BCUT2D eigenvalue weighted by Crippen LogP contribution is -2.37. The third kappa shape index (κ3) is 4.34. The fraction of sp³-hybridized carbons (Fsp3) is 0.462. The van der Waals surface area contributed by atoms with Gasteiger partial charge >= 0.3 is 0 Å². The highest BCUT2D eigenvalue weighted by molar-refractivity contribution is 7.98. The zero-order chi connectivity index (χ0) is 12.8. The van der Waals surface area contributed by atoms with Crippen molar-refractivity contribution in [2.75, 3.05) is 25.6 Å². The molecule has 0 N–H and O–H groups in total. The molecular formula is C13H18ClNOS. The molecule has 0 aromatic heterocycles. The summed E-state index contributed by atoms with van der Waals surface area (Å²) in [6.07, 6.45) is 2.07. The summed E-state index contributed by atoms with van der Waals surface area (Å²) in [5.74, 6) is 1.15. The summed E-state index contributed by atoms with van der Waals surface area (Å²) in [6.45, 7) is 2.85. The number of ketones is 1. The molecule has 4 heteroatoms. The van der Waals surface area contributed by atoms with Crippen LogP contribution in [0.25, 0.3) is 0 Å². The molecule has 17 heavy (non-hydrogen) atoms. The van der Waals surface area contributed by atoms with Gasteiger partial charge in [-0.25, -0.2) is 0 Å². The monoisotopic (exact) mass is 271 g/mol. The van der Waals surface area contributed by atoms with Gasteiger partial charge in [0.15, 0.2) is 5.78 Å². The summed E-state index contributed by atoms with van der Waals surface area (Å²) in [5, 5.41) is 0.606. The summed E-state index contributed by atoms with van der Waals surface area (Å²) in [5.41, 5.74) is 0.681. The van der Waals surface area contributed by atoms with Crippen LogP contribution >= 0.6 is 23.4 Å². The molecule has 0 amide bonds. The quantitative estimate of drug-likeness (QED) is 0.741. The van der Waals surface area contributed by atoms with E-state index in [-0.39, 0.29) is 11.8 Å². The number of carbonyl (C=O) groups excluding carboxylic acids is 1. The van der Waals surface area contributed by atoms with Crippen molar-refractivity contribution in [1.29, 1.82) is 0 Å². The third-order valence-corrected chi connectivity index (χ3v) is 3.62. The molecule has 1 aromatic rings. The van der Waals surface area contributed by atoms with E-state index in [1.165, 1.54) is 0 Å². The van der Waals surface area contributed by atoms with E-state index in [1.807, 2.05) is 26.1 Å². The summed E-state index contributed by atoms with van der Waals surface area (Å²) >= 11 is 7.67. The van der Waals surface area contributed by atoms with Crippen molar-refractivity contribution < 1.29 is 4.79 Å². The highest BCUT2D eigenvalue weighted by atomic mass is 35.5. The number of hydrogen-bond acceptors (Lipinski definition) is 3. The van der Waals surface area contributed by atoms with Gasteiger partial charge in [-0.3, -0.25) is 9.69 Å². The van der Waals surface area contributed by atoms with Crippen LogP contribution in [0.5, 0.6) is 0 Å². The zero-order valence-electron chi connectivity index (χ0n) is 10.4. The molecule has 1 aromatic carbocycles. The van der Waals surface area contributed by atoms with E-state index >= 15 is 0 Å². The predicted octanol–water partition coefficient (Wildman–Crippen LogP) is 3.21. The number of benzene rings is 1. The SMILES string of the molecule is CSCCN(C)C(C)C(=O)c1cccc(Cl)c1. The second kappa shape index (κ2) is 7.04. The van der Waals surface area contributed by atoms with Crippen LogP contribution < -0.4 is 0 Å². The van der Waals surface area contributed by atoms with E-state index in [4.69, 9.17) is 11.6 Å². The van der Waals surface area contributed by atoms with Crippen LogP contribution in [0, 0.1) is 0 Å². The minimum Gasteiger partial charge on any atom is -0.296 e. The Kier molecular flexibility index (Phi) is 6.03. The molecule has 0 saturated carbocycles. The van der Waals surface area contributed by atoms with Gasteiger partial charge in [-0.05, 0) is 32.4 Å². The lowest BCUT2D eigenvalue weighted by atomic mass is 10.0. The number of thioether (sulfide) groups is 1. The Labute approximate surface area is 112 Å².